The highest BCUT2D eigenvalue weighted by Gasteiger charge is 2.05. The zero-order valence-corrected chi connectivity index (χ0v) is 16.4. The molecule has 0 aliphatic rings. The van der Waals surface area contributed by atoms with Crippen molar-refractivity contribution in [3.8, 4) is 11.4 Å². The van der Waals surface area contributed by atoms with Gasteiger partial charge >= 0.3 is 0 Å². The van der Waals surface area contributed by atoms with E-state index in [1.54, 1.807) is 55.0 Å². The smallest absolute Gasteiger partial charge is 0.185 e. The highest BCUT2D eigenvalue weighted by molar-refractivity contribution is 6.06. The molecule has 0 aliphatic heterocycles. The molecule has 0 amide bonds. The normalized spacial score (nSPS) is 11.0. The second-order valence-electron chi connectivity index (χ2n) is 6.81. The lowest BCUT2D eigenvalue weighted by Gasteiger charge is -2.07. The topological polar surface area (TPSA) is 44.1 Å². The van der Waals surface area contributed by atoms with Crippen molar-refractivity contribution < 1.29 is 18.3 Å². The van der Waals surface area contributed by atoms with E-state index in [0.29, 0.717) is 11.3 Å². The van der Waals surface area contributed by atoms with E-state index < -0.39 is 11.6 Å². The van der Waals surface area contributed by atoms with Gasteiger partial charge in [0, 0.05) is 35.3 Å². The predicted molar refractivity (Wildman–Crippen MR) is 114 cm³/mol. The van der Waals surface area contributed by atoms with Crippen molar-refractivity contribution in [1.29, 1.82) is 0 Å². The van der Waals surface area contributed by atoms with Gasteiger partial charge in [0.25, 0.3) is 0 Å². The summed E-state index contributed by atoms with van der Waals surface area (Å²) in [6.07, 6.45) is 8.45. The average Bonchev–Trinajstić information content (AvgIpc) is 3.33. The van der Waals surface area contributed by atoms with Crippen LogP contribution in [0.2, 0.25) is 0 Å². The Morgan fingerprint density at radius 1 is 1.00 bits per heavy atom. The lowest BCUT2D eigenvalue weighted by atomic mass is 10.1. The van der Waals surface area contributed by atoms with Crippen molar-refractivity contribution >= 4 is 11.9 Å². The number of rotatable bonds is 7. The molecule has 0 saturated carbocycles. The van der Waals surface area contributed by atoms with Crippen LogP contribution in [0, 0.1) is 11.6 Å². The third kappa shape index (κ3) is 5.11. The number of nitrogens with zero attached hydrogens (tertiary/aromatic N) is 2. The summed E-state index contributed by atoms with van der Waals surface area (Å²) in [5.74, 6) is -0.830. The van der Waals surface area contributed by atoms with Gasteiger partial charge in [0.2, 0.25) is 0 Å². The number of allylic oxidation sites excluding steroid dienone is 1. The third-order valence-corrected chi connectivity index (χ3v) is 4.67. The number of aromatic nitrogens is 2. The Morgan fingerprint density at radius 3 is 2.45 bits per heavy atom. The van der Waals surface area contributed by atoms with Crippen molar-refractivity contribution in [3.05, 3.63) is 120 Å². The Bertz CT molecular complexity index is 1200. The Hall–Kier alpha value is -4.06. The van der Waals surface area contributed by atoms with Crippen LogP contribution in [-0.2, 0) is 6.61 Å². The molecule has 4 rings (SSSR count). The van der Waals surface area contributed by atoms with Gasteiger partial charge in [-0.05, 0) is 60.2 Å². The summed E-state index contributed by atoms with van der Waals surface area (Å²) in [6.45, 7) is -0.00511. The second kappa shape index (κ2) is 9.17. The maximum atomic E-state index is 13.7. The van der Waals surface area contributed by atoms with Gasteiger partial charge in [-0.3, -0.25) is 4.79 Å². The summed E-state index contributed by atoms with van der Waals surface area (Å²) in [5, 5.41) is 0. The van der Waals surface area contributed by atoms with Gasteiger partial charge in [-0.15, -0.1) is 0 Å². The molecule has 0 unspecified atom stereocenters. The number of halogens is 2. The molecule has 0 spiro atoms. The first kappa shape index (κ1) is 20.2. The van der Waals surface area contributed by atoms with Gasteiger partial charge in [0.15, 0.2) is 5.78 Å². The zero-order valence-electron chi connectivity index (χ0n) is 16.4. The van der Waals surface area contributed by atoms with Gasteiger partial charge in [-0.1, -0.05) is 18.2 Å². The quantitative estimate of drug-likeness (QED) is 0.290. The number of hydrogen-bond donors (Lipinski definition) is 0. The standard InChI is InChI=1S/C25H18F2N2O2/c26-21-7-4-20(24(27)15-21)16-31-23-10-1-18(2-11-23)3-12-25(30)19-5-8-22(9-6-19)29-14-13-28-17-29/h1-15,17H,16H2/b12-3+. The van der Waals surface area contributed by atoms with E-state index in [1.807, 2.05) is 22.9 Å². The molecule has 0 N–H and O–H groups in total. The zero-order chi connectivity index (χ0) is 21.6. The molecule has 0 atom stereocenters. The molecule has 0 bridgehead atoms. The van der Waals surface area contributed by atoms with Crippen LogP contribution < -0.4 is 4.74 Å². The highest BCUT2D eigenvalue weighted by atomic mass is 19.1. The number of ether oxygens (including phenoxy) is 1. The Labute approximate surface area is 178 Å². The fourth-order valence-electron chi connectivity index (χ4n) is 2.95. The lowest BCUT2D eigenvalue weighted by molar-refractivity contribution is 0.104. The van der Waals surface area contributed by atoms with Gasteiger partial charge in [-0.25, -0.2) is 13.8 Å². The Balaban J connectivity index is 1.35. The van der Waals surface area contributed by atoms with Crippen molar-refractivity contribution in [2.75, 3.05) is 0 Å². The largest absolute Gasteiger partial charge is 0.489 e. The number of carbonyl (C=O) groups is 1. The predicted octanol–water partition coefficient (Wildman–Crippen LogP) is 5.63. The minimum absolute atomic E-state index is 0.00511. The summed E-state index contributed by atoms with van der Waals surface area (Å²) in [5.41, 5.74) is 2.61. The fourth-order valence-corrected chi connectivity index (χ4v) is 2.95. The molecular formula is C25H18F2N2O2. The summed E-state index contributed by atoms with van der Waals surface area (Å²) in [4.78, 5) is 16.4. The molecule has 4 aromatic rings. The van der Waals surface area contributed by atoms with Crippen LogP contribution in [0.5, 0.6) is 5.75 Å². The molecule has 154 valence electrons. The number of imidazole rings is 1. The van der Waals surface area contributed by atoms with Crippen molar-refractivity contribution in [1.82, 2.24) is 9.55 Å². The molecule has 0 saturated heterocycles. The monoisotopic (exact) mass is 416 g/mol. The summed E-state index contributed by atoms with van der Waals surface area (Å²) < 4.78 is 34.0. The maximum absolute atomic E-state index is 13.7. The second-order valence-corrected chi connectivity index (χ2v) is 6.81. The van der Waals surface area contributed by atoms with Crippen molar-refractivity contribution in [3.63, 3.8) is 0 Å². The SMILES string of the molecule is O=C(/C=C/c1ccc(OCc2ccc(F)cc2F)cc1)c1ccc(-n2ccnc2)cc1. The van der Waals surface area contributed by atoms with E-state index in [9.17, 15) is 13.6 Å². The number of carbonyl (C=O) groups excluding carboxylic acids is 1. The summed E-state index contributed by atoms with van der Waals surface area (Å²) >= 11 is 0. The summed E-state index contributed by atoms with van der Waals surface area (Å²) in [6, 6.07) is 17.7. The lowest BCUT2D eigenvalue weighted by Crippen LogP contribution is -1.99. The van der Waals surface area contributed by atoms with Crippen LogP contribution >= 0.6 is 0 Å². The summed E-state index contributed by atoms with van der Waals surface area (Å²) in [7, 11) is 0. The van der Waals surface area contributed by atoms with Gasteiger partial charge in [0.1, 0.15) is 24.0 Å². The maximum Gasteiger partial charge on any atom is 0.185 e. The first-order valence-corrected chi connectivity index (χ1v) is 9.56. The minimum Gasteiger partial charge on any atom is -0.489 e. The number of hydrogen-bond acceptors (Lipinski definition) is 3. The van der Waals surface area contributed by atoms with Crippen LogP contribution in [0.15, 0.2) is 91.5 Å². The molecule has 0 aliphatic carbocycles. The van der Waals surface area contributed by atoms with Gasteiger partial charge in [-0.2, -0.15) is 0 Å². The van der Waals surface area contributed by atoms with E-state index >= 15 is 0 Å². The molecule has 0 radical (unpaired) electrons. The molecular weight excluding hydrogens is 398 g/mol. The van der Waals surface area contributed by atoms with E-state index in [0.717, 1.165) is 17.3 Å². The minimum atomic E-state index is -0.642. The molecule has 1 heterocycles. The van der Waals surface area contributed by atoms with Crippen molar-refractivity contribution in [2.24, 2.45) is 0 Å². The Morgan fingerprint density at radius 2 is 1.77 bits per heavy atom. The van der Waals surface area contributed by atoms with Gasteiger partial charge in [0.05, 0.1) is 6.33 Å². The molecule has 4 nitrogen and oxygen atoms in total. The van der Waals surface area contributed by atoms with Gasteiger partial charge < -0.3 is 9.30 Å². The van der Waals surface area contributed by atoms with E-state index in [-0.39, 0.29) is 18.0 Å². The van der Waals surface area contributed by atoms with E-state index in [2.05, 4.69) is 4.98 Å². The van der Waals surface area contributed by atoms with E-state index in [4.69, 9.17) is 4.74 Å². The Kier molecular flexibility index (Phi) is 5.98. The molecule has 1 aromatic heterocycles. The highest BCUT2D eigenvalue weighted by Crippen LogP contribution is 2.17. The number of benzene rings is 3. The van der Waals surface area contributed by atoms with Crippen LogP contribution in [0.3, 0.4) is 0 Å². The average molecular weight is 416 g/mol. The third-order valence-electron chi connectivity index (χ3n) is 4.67. The van der Waals surface area contributed by atoms with Crippen LogP contribution in [0.1, 0.15) is 21.5 Å². The number of ketones is 1. The first-order chi connectivity index (χ1) is 15.1. The van der Waals surface area contributed by atoms with Crippen LogP contribution in [0.4, 0.5) is 8.78 Å². The molecule has 3 aromatic carbocycles. The molecule has 6 heteroatoms. The van der Waals surface area contributed by atoms with Crippen LogP contribution in [0.25, 0.3) is 11.8 Å². The van der Waals surface area contributed by atoms with E-state index in [1.165, 1.54) is 18.2 Å². The fraction of sp³-hybridized carbons (Fsp3) is 0.0400. The van der Waals surface area contributed by atoms with Crippen molar-refractivity contribution in [2.45, 2.75) is 6.61 Å². The first-order valence-electron chi connectivity index (χ1n) is 9.56. The molecule has 31 heavy (non-hydrogen) atoms. The van der Waals surface area contributed by atoms with Crippen LogP contribution in [-0.4, -0.2) is 15.3 Å². The molecule has 0 fully saturated rings.